The van der Waals surface area contributed by atoms with Gasteiger partial charge in [0.1, 0.15) is 23.4 Å². The van der Waals surface area contributed by atoms with Gasteiger partial charge in [-0.05, 0) is 31.0 Å². The number of benzene rings is 1. The van der Waals surface area contributed by atoms with Gasteiger partial charge in [0, 0.05) is 12.7 Å². The van der Waals surface area contributed by atoms with E-state index in [0.29, 0.717) is 29.4 Å². The molecule has 0 unspecified atom stereocenters. The van der Waals surface area contributed by atoms with Gasteiger partial charge < -0.3 is 14.4 Å². The molecule has 0 N–H and O–H groups in total. The van der Waals surface area contributed by atoms with Gasteiger partial charge >= 0.3 is 0 Å². The first kappa shape index (κ1) is 16.3. The fourth-order valence-corrected chi connectivity index (χ4v) is 3.53. The fourth-order valence-electron chi connectivity index (χ4n) is 3.53. The van der Waals surface area contributed by atoms with Crippen molar-refractivity contribution in [1.82, 2.24) is 24.5 Å². The zero-order chi connectivity index (χ0) is 18.1. The van der Waals surface area contributed by atoms with Crippen LogP contribution in [0.2, 0.25) is 0 Å². The Labute approximate surface area is 150 Å². The number of hydrogen-bond acceptors (Lipinski definition) is 6. The minimum absolute atomic E-state index is 0.107. The second-order valence-corrected chi connectivity index (χ2v) is 6.04. The summed E-state index contributed by atoms with van der Waals surface area (Å²) in [4.78, 5) is 23.5. The second-order valence-electron chi connectivity index (χ2n) is 6.04. The number of carbonyl (C=O) groups excluding carboxylic acids is 1. The van der Waals surface area contributed by atoms with Crippen molar-refractivity contribution < 1.29 is 14.3 Å². The Kier molecular flexibility index (Phi) is 4.16. The molecule has 0 bridgehead atoms. The van der Waals surface area contributed by atoms with Gasteiger partial charge in [-0.15, -0.1) is 0 Å². The maximum absolute atomic E-state index is 13.4. The number of methoxy groups -OCH3 is 2. The van der Waals surface area contributed by atoms with Gasteiger partial charge in [0.15, 0.2) is 0 Å². The Balaban J connectivity index is 1.76. The fraction of sp³-hybridized carbons (Fsp3) is 0.333. The largest absolute Gasteiger partial charge is 0.496 e. The third kappa shape index (κ3) is 2.54. The number of aromatic nitrogens is 4. The van der Waals surface area contributed by atoms with E-state index in [2.05, 4.69) is 15.1 Å². The van der Waals surface area contributed by atoms with Crippen molar-refractivity contribution in [3.63, 3.8) is 0 Å². The predicted molar refractivity (Wildman–Crippen MR) is 93.3 cm³/mol. The number of likely N-dealkylation sites (tertiary alicyclic amines) is 1. The molecule has 8 heteroatoms. The molecule has 1 saturated heterocycles. The molecule has 1 aliphatic heterocycles. The van der Waals surface area contributed by atoms with Gasteiger partial charge in [-0.3, -0.25) is 4.79 Å². The van der Waals surface area contributed by atoms with Crippen LogP contribution in [0.4, 0.5) is 0 Å². The Hall–Kier alpha value is -3.16. The van der Waals surface area contributed by atoms with Crippen molar-refractivity contribution in [2.45, 2.75) is 18.9 Å². The number of carbonyl (C=O) groups is 1. The molecule has 0 aliphatic carbocycles. The molecule has 0 saturated carbocycles. The lowest BCUT2D eigenvalue weighted by molar-refractivity contribution is 0.0724. The third-order valence-corrected chi connectivity index (χ3v) is 4.71. The molecule has 1 aliphatic rings. The normalized spacial score (nSPS) is 16.8. The lowest BCUT2D eigenvalue weighted by Crippen LogP contribution is -2.32. The van der Waals surface area contributed by atoms with Gasteiger partial charge in [0.05, 0.1) is 26.0 Å². The van der Waals surface area contributed by atoms with Crippen molar-refractivity contribution in [3.05, 3.63) is 48.0 Å². The average Bonchev–Trinajstić information content (AvgIpc) is 3.35. The SMILES string of the molecule is COc1cccc(OC)c1C(=O)N1CCC[C@H]1c1ccnc2ncnn12. The van der Waals surface area contributed by atoms with Crippen LogP contribution in [0, 0.1) is 0 Å². The summed E-state index contributed by atoms with van der Waals surface area (Å²) in [6, 6.07) is 7.12. The molecule has 0 spiro atoms. The summed E-state index contributed by atoms with van der Waals surface area (Å²) in [6.45, 7) is 0.656. The Bertz CT molecular complexity index is 933. The molecule has 3 aromatic rings. The summed E-state index contributed by atoms with van der Waals surface area (Å²) in [6.07, 6.45) is 4.93. The van der Waals surface area contributed by atoms with Crippen LogP contribution in [-0.2, 0) is 0 Å². The summed E-state index contributed by atoms with van der Waals surface area (Å²) in [5.41, 5.74) is 1.33. The molecule has 26 heavy (non-hydrogen) atoms. The molecule has 1 aromatic carbocycles. The van der Waals surface area contributed by atoms with Crippen LogP contribution in [-0.4, -0.2) is 51.2 Å². The molecular formula is C18H19N5O3. The van der Waals surface area contributed by atoms with E-state index in [1.165, 1.54) is 6.33 Å². The summed E-state index contributed by atoms with van der Waals surface area (Å²) < 4.78 is 12.5. The Morgan fingerprint density at radius 3 is 2.65 bits per heavy atom. The van der Waals surface area contributed by atoms with E-state index in [4.69, 9.17) is 9.47 Å². The number of hydrogen-bond donors (Lipinski definition) is 0. The van der Waals surface area contributed by atoms with Gasteiger partial charge in [-0.2, -0.15) is 14.6 Å². The van der Waals surface area contributed by atoms with Crippen LogP contribution in [0.5, 0.6) is 11.5 Å². The molecule has 1 amide bonds. The van der Waals surface area contributed by atoms with E-state index < -0.39 is 0 Å². The van der Waals surface area contributed by atoms with E-state index in [-0.39, 0.29) is 11.9 Å². The quantitative estimate of drug-likeness (QED) is 0.715. The van der Waals surface area contributed by atoms with Crippen molar-refractivity contribution in [3.8, 4) is 11.5 Å². The van der Waals surface area contributed by atoms with E-state index in [1.54, 1.807) is 43.1 Å². The topological polar surface area (TPSA) is 81.9 Å². The van der Waals surface area contributed by atoms with Crippen LogP contribution in [0.15, 0.2) is 36.8 Å². The lowest BCUT2D eigenvalue weighted by Gasteiger charge is -2.26. The average molecular weight is 353 g/mol. The van der Waals surface area contributed by atoms with Crippen LogP contribution in [0.3, 0.4) is 0 Å². The summed E-state index contributed by atoms with van der Waals surface area (Å²) in [7, 11) is 3.10. The van der Waals surface area contributed by atoms with Gasteiger partial charge in [-0.1, -0.05) is 6.07 Å². The Morgan fingerprint density at radius 1 is 1.15 bits per heavy atom. The van der Waals surface area contributed by atoms with Crippen LogP contribution in [0.1, 0.15) is 34.9 Å². The van der Waals surface area contributed by atoms with Gasteiger partial charge in [-0.25, -0.2) is 4.98 Å². The van der Waals surface area contributed by atoms with E-state index in [0.717, 1.165) is 18.5 Å². The lowest BCUT2D eigenvalue weighted by atomic mass is 10.1. The zero-order valence-electron chi connectivity index (χ0n) is 14.6. The summed E-state index contributed by atoms with van der Waals surface area (Å²) >= 11 is 0. The van der Waals surface area contributed by atoms with E-state index in [9.17, 15) is 4.79 Å². The molecular weight excluding hydrogens is 334 g/mol. The summed E-state index contributed by atoms with van der Waals surface area (Å²) in [5.74, 6) is 1.41. The maximum Gasteiger partial charge on any atom is 0.261 e. The Morgan fingerprint density at radius 2 is 1.92 bits per heavy atom. The van der Waals surface area contributed by atoms with Crippen molar-refractivity contribution in [1.29, 1.82) is 0 Å². The highest BCUT2D eigenvalue weighted by Gasteiger charge is 2.35. The smallest absolute Gasteiger partial charge is 0.261 e. The number of ether oxygens (including phenoxy) is 2. The van der Waals surface area contributed by atoms with E-state index in [1.807, 2.05) is 11.0 Å². The predicted octanol–water partition coefficient (Wildman–Crippen LogP) is 2.12. The number of amides is 1. The molecule has 0 radical (unpaired) electrons. The molecule has 134 valence electrons. The molecule has 1 fully saturated rings. The highest BCUT2D eigenvalue weighted by Crippen LogP contribution is 2.37. The number of nitrogens with zero attached hydrogens (tertiary/aromatic N) is 5. The van der Waals surface area contributed by atoms with Crippen molar-refractivity contribution in [2.75, 3.05) is 20.8 Å². The first-order valence-electron chi connectivity index (χ1n) is 8.41. The van der Waals surface area contributed by atoms with Crippen molar-refractivity contribution >= 4 is 11.7 Å². The molecule has 4 rings (SSSR count). The minimum Gasteiger partial charge on any atom is -0.496 e. The molecule has 1 atom stereocenters. The second kappa shape index (κ2) is 6.62. The molecule has 2 aromatic heterocycles. The van der Waals surface area contributed by atoms with Crippen LogP contribution >= 0.6 is 0 Å². The standard InChI is InChI=1S/C18H19N5O3/c1-25-14-6-3-7-15(26-2)16(14)17(24)22-10-4-5-12(22)13-8-9-19-18-20-11-21-23(13)18/h3,6-9,11-12H,4-5,10H2,1-2H3/t12-/m0/s1. The summed E-state index contributed by atoms with van der Waals surface area (Å²) in [5, 5.41) is 4.25. The highest BCUT2D eigenvalue weighted by molar-refractivity contribution is 6.00. The molecule has 8 nitrogen and oxygen atoms in total. The molecule has 3 heterocycles. The highest BCUT2D eigenvalue weighted by atomic mass is 16.5. The first-order valence-corrected chi connectivity index (χ1v) is 8.41. The minimum atomic E-state index is -0.119. The zero-order valence-corrected chi connectivity index (χ0v) is 14.6. The first-order chi connectivity index (χ1) is 12.7. The van der Waals surface area contributed by atoms with Gasteiger partial charge in [0.2, 0.25) is 0 Å². The maximum atomic E-state index is 13.4. The number of fused-ring (bicyclic) bond motifs is 1. The number of rotatable bonds is 4. The monoisotopic (exact) mass is 353 g/mol. The van der Waals surface area contributed by atoms with E-state index >= 15 is 0 Å². The third-order valence-electron chi connectivity index (χ3n) is 4.71. The van der Waals surface area contributed by atoms with Crippen molar-refractivity contribution in [2.24, 2.45) is 0 Å². The van der Waals surface area contributed by atoms with Gasteiger partial charge in [0.25, 0.3) is 11.7 Å². The van der Waals surface area contributed by atoms with Crippen LogP contribution < -0.4 is 9.47 Å². The van der Waals surface area contributed by atoms with Crippen LogP contribution in [0.25, 0.3) is 5.78 Å².